The fraction of sp³-hybridized carbons (Fsp3) is 0.607. The number of nitrogens with zero attached hydrogens (tertiary/aromatic N) is 4. The van der Waals surface area contributed by atoms with E-state index in [1.165, 1.54) is 12.8 Å². The SMILES string of the molecule is CNC(=O)c1nonc1C1CC1.COC1CC1.O=C1NCC(F)(F)CN1Cc1ccc2nc(CCOC3CC3)[nH]c2c1. The standard InChI is InChI=1S/C17H20F2N4O2.C7H9N3O2.C4H8O/c18-17(19)9-20-16(24)23(10-17)8-11-1-4-13-14(7-11)22-15(21-13)5-6-25-12-2-3-12;1-8-7(11)6-5(4-2-3-4)9-12-10-6;1-5-4-2-3-4/h1,4,7,12H,2-3,5-6,8-10H2,(H,20,24)(H,21,22);4H,2-3H2,1H3,(H,8,11);4H,2-3H2,1H3. The molecule has 228 valence electrons. The molecule has 3 amide bonds. The lowest BCUT2D eigenvalue weighted by Crippen LogP contribution is -2.56. The Morgan fingerprint density at radius 1 is 1.17 bits per heavy atom. The van der Waals surface area contributed by atoms with E-state index >= 15 is 0 Å². The number of carbonyl (C=O) groups excluding carboxylic acids is 2. The fourth-order valence-corrected chi connectivity index (χ4v) is 4.35. The van der Waals surface area contributed by atoms with E-state index in [2.05, 4.69) is 35.5 Å². The largest absolute Gasteiger partial charge is 0.381 e. The molecule has 0 spiro atoms. The van der Waals surface area contributed by atoms with Gasteiger partial charge < -0.3 is 30.0 Å². The minimum atomic E-state index is -2.90. The molecule has 3 saturated carbocycles. The van der Waals surface area contributed by atoms with Crippen molar-refractivity contribution in [3.05, 3.63) is 41.0 Å². The van der Waals surface area contributed by atoms with E-state index in [-0.39, 0.29) is 12.5 Å². The number of rotatable bonds is 9. The summed E-state index contributed by atoms with van der Waals surface area (Å²) in [5.41, 5.74) is 3.47. The Labute approximate surface area is 241 Å². The number of aromatic amines is 1. The molecule has 1 aromatic carbocycles. The number of ether oxygens (including phenoxy) is 2. The molecule has 0 bridgehead atoms. The summed E-state index contributed by atoms with van der Waals surface area (Å²) in [4.78, 5) is 31.8. The number of halogens is 2. The van der Waals surface area contributed by atoms with Crippen molar-refractivity contribution in [1.82, 2.24) is 35.8 Å². The molecule has 14 heteroatoms. The predicted octanol–water partition coefficient (Wildman–Crippen LogP) is 3.55. The average molecular weight is 590 g/mol. The molecular weight excluding hydrogens is 552 g/mol. The molecule has 0 unspecified atom stereocenters. The Bertz CT molecular complexity index is 1370. The highest BCUT2D eigenvalue weighted by Gasteiger charge is 2.38. The first kappa shape index (κ1) is 29.8. The second kappa shape index (κ2) is 13.1. The lowest BCUT2D eigenvalue weighted by Gasteiger charge is -2.32. The number of H-pyrrole nitrogens is 1. The molecule has 4 aliphatic rings. The molecule has 0 atom stereocenters. The second-order valence-corrected chi connectivity index (χ2v) is 11.0. The number of amides is 3. The van der Waals surface area contributed by atoms with Gasteiger partial charge >= 0.3 is 6.03 Å². The van der Waals surface area contributed by atoms with Crippen molar-refractivity contribution in [3.63, 3.8) is 0 Å². The number of urea groups is 1. The van der Waals surface area contributed by atoms with Crippen LogP contribution in [0, 0.1) is 0 Å². The molecule has 42 heavy (non-hydrogen) atoms. The summed E-state index contributed by atoms with van der Waals surface area (Å²) in [7, 11) is 3.32. The zero-order chi connectivity index (χ0) is 29.7. The lowest BCUT2D eigenvalue weighted by atomic mass is 10.1. The summed E-state index contributed by atoms with van der Waals surface area (Å²) in [6.45, 7) is -0.394. The highest BCUT2D eigenvalue weighted by atomic mass is 19.3. The third kappa shape index (κ3) is 8.44. The summed E-state index contributed by atoms with van der Waals surface area (Å²) in [5.74, 6) is -1.89. The molecule has 3 aliphatic carbocycles. The van der Waals surface area contributed by atoms with Gasteiger partial charge in [-0.05, 0) is 61.4 Å². The van der Waals surface area contributed by atoms with Gasteiger partial charge in [-0.3, -0.25) is 4.79 Å². The highest BCUT2D eigenvalue weighted by Crippen LogP contribution is 2.40. The summed E-state index contributed by atoms with van der Waals surface area (Å²) >= 11 is 0. The quantitative estimate of drug-likeness (QED) is 0.343. The molecule has 7 rings (SSSR count). The van der Waals surface area contributed by atoms with E-state index in [9.17, 15) is 18.4 Å². The van der Waals surface area contributed by atoms with Crippen LogP contribution >= 0.6 is 0 Å². The van der Waals surface area contributed by atoms with Crippen molar-refractivity contribution in [2.75, 3.05) is 33.9 Å². The van der Waals surface area contributed by atoms with Gasteiger partial charge in [-0.2, -0.15) is 0 Å². The van der Waals surface area contributed by atoms with E-state index in [1.54, 1.807) is 14.2 Å². The molecule has 1 saturated heterocycles. The number of imidazole rings is 1. The van der Waals surface area contributed by atoms with Gasteiger partial charge in [0.25, 0.3) is 11.8 Å². The number of carbonyl (C=O) groups is 2. The maximum Gasteiger partial charge on any atom is 0.318 e. The van der Waals surface area contributed by atoms with Crippen LogP contribution in [0.25, 0.3) is 11.0 Å². The molecule has 0 radical (unpaired) electrons. The molecule has 12 nitrogen and oxygen atoms in total. The number of fused-ring (bicyclic) bond motifs is 1. The number of alkyl halides is 2. The Kier molecular flexibility index (Phi) is 9.31. The van der Waals surface area contributed by atoms with Gasteiger partial charge in [0.15, 0.2) is 5.69 Å². The minimum Gasteiger partial charge on any atom is -0.381 e. The molecular formula is C28H37F2N7O5. The van der Waals surface area contributed by atoms with E-state index in [4.69, 9.17) is 9.47 Å². The fourth-order valence-electron chi connectivity index (χ4n) is 4.35. The molecule has 2 aromatic heterocycles. The van der Waals surface area contributed by atoms with Crippen molar-refractivity contribution in [2.24, 2.45) is 0 Å². The summed E-state index contributed by atoms with van der Waals surface area (Å²) in [5, 5.41) is 12.0. The number of nitrogens with one attached hydrogen (secondary N) is 3. The maximum atomic E-state index is 13.5. The van der Waals surface area contributed by atoms with Crippen molar-refractivity contribution < 1.29 is 32.5 Å². The summed E-state index contributed by atoms with van der Waals surface area (Å²) in [6.07, 6.45) is 8.80. The third-order valence-corrected chi connectivity index (χ3v) is 7.17. The Balaban J connectivity index is 0.000000170. The number of aromatic nitrogens is 4. The number of hydrogen-bond donors (Lipinski definition) is 3. The molecule has 3 N–H and O–H groups in total. The van der Waals surface area contributed by atoms with Crippen LogP contribution in [0.4, 0.5) is 13.6 Å². The first-order chi connectivity index (χ1) is 20.2. The van der Waals surface area contributed by atoms with Crippen LogP contribution in [0.2, 0.25) is 0 Å². The van der Waals surface area contributed by atoms with Crippen LogP contribution in [-0.2, 0) is 22.4 Å². The normalized spacial score (nSPS) is 19.3. The number of benzene rings is 1. The zero-order valence-corrected chi connectivity index (χ0v) is 23.8. The Morgan fingerprint density at radius 3 is 2.57 bits per heavy atom. The van der Waals surface area contributed by atoms with E-state index in [0.29, 0.717) is 42.5 Å². The summed E-state index contributed by atoms with van der Waals surface area (Å²) in [6, 6.07) is 5.04. The Morgan fingerprint density at radius 2 is 1.93 bits per heavy atom. The van der Waals surface area contributed by atoms with E-state index in [1.807, 2.05) is 18.2 Å². The van der Waals surface area contributed by atoms with Gasteiger partial charge in [-0.15, -0.1) is 0 Å². The van der Waals surface area contributed by atoms with Crippen molar-refractivity contribution in [1.29, 1.82) is 0 Å². The second-order valence-electron chi connectivity index (χ2n) is 11.0. The number of hydrogen-bond acceptors (Lipinski definition) is 8. The van der Waals surface area contributed by atoms with Gasteiger partial charge in [0.2, 0.25) is 0 Å². The third-order valence-electron chi connectivity index (χ3n) is 7.17. The molecule has 1 aliphatic heterocycles. The molecule has 3 aromatic rings. The monoisotopic (exact) mass is 589 g/mol. The number of methoxy groups -OCH3 is 1. The highest BCUT2D eigenvalue weighted by molar-refractivity contribution is 5.93. The smallest absolute Gasteiger partial charge is 0.318 e. The minimum absolute atomic E-state index is 0.135. The van der Waals surface area contributed by atoms with Gasteiger partial charge in [-0.25, -0.2) is 23.2 Å². The first-order valence-corrected chi connectivity index (χ1v) is 14.3. The predicted molar refractivity (Wildman–Crippen MR) is 147 cm³/mol. The first-order valence-electron chi connectivity index (χ1n) is 14.3. The Hall–Kier alpha value is -3.65. The lowest BCUT2D eigenvalue weighted by molar-refractivity contribution is -0.0367. The van der Waals surface area contributed by atoms with Crippen LogP contribution in [0.1, 0.15) is 72.0 Å². The van der Waals surface area contributed by atoms with Crippen LogP contribution in [0.15, 0.2) is 22.8 Å². The topological polar surface area (TPSA) is 148 Å². The van der Waals surface area contributed by atoms with Gasteiger partial charge in [0, 0.05) is 33.0 Å². The van der Waals surface area contributed by atoms with Crippen molar-refractivity contribution >= 4 is 23.0 Å². The zero-order valence-electron chi connectivity index (χ0n) is 23.8. The van der Waals surface area contributed by atoms with Gasteiger partial charge in [0.1, 0.15) is 11.5 Å². The van der Waals surface area contributed by atoms with Crippen LogP contribution in [0.3, 0.4) is 0 Å². The maximum absolute atomic E-state index is 13.5. The van der Waals surface area contributed by atoms with Gasteiger partial charge in [0.05, 0.1) is 42.9 Å². The van der Waals surface area contributed by atoms with Crippen LogP contribution in [0.5, 0.6) is 0 Å². The van der Waals surface area contributed by atoms with E-state index in [0.717, 1.165) is 53.0 Å². The van der Waals surface area contributed by atoms with Crippen molar-refractivity contribution in [3.8, 4) is 0 Å². The van der Waals surface area contributed by atoms with Gasteiger partial charge in [-0.1, -0.05) is 11.2 Å². The van der Waals surface area contributed by atoms with Crippen LogP contribution < -0.4 is 10.6 Å². The molecule has 4 fully saturated rings. The van der Waals surface area contributed by atoms with E-state index < -0.39 is 25.0 Å². The van der Waals surface area contributed by atoms with Crippen LogP contribution in [-0.4, -0.2) is 89.1 Å². The molecule has 3 heterocycles. The average Bonchev–Trinajstić information content (AvgIpc) is 3.89. The van der Waals surface area contributed by atoms with Crippen molar-refractivity contribution in [2.45, 2.75) is 75.5 Å². The summed E-state index contributed by atoms with van der Waals surface area (Å²) < 4.78 is 42.0.